The Morgan fingerprint density at radius 1 is 1.32 bits per heavy atom. The van der Waals surface area contributed by atoms with Crippen molar-refractivity contribution >= 4 is 28.6 Å². The Bertz CT molecular complexity index is 741. The predicted octanol–water partition coefficient (Wildman–Crippen LogP) is 4.54. The molecule has 2 aromatic rings. The van der Waals surface area contributed by atoms with Gasteiger partial charge in [0, 0.05) is 21.2 Å². The number of ether oxygens (including phenoxy) is 2. The van der Waals surface area contributed by atoms with Crippen LogP contribution in [0, 0.1) is 3.57 Å². The minimum absolute atomic E-state index is 0.0458. The number of aromatic nitrogens is 1. The van der Waals surface area contributed by atoms with Gasteiger partial charge in [0.05, 0.1) is 20.3 Å². The van der Waals surface area contributed by atoms with Crippen molar-refractivity contribution in [2.24, 2.45) is 0 Å². The molecule has 1 atom stereocenters. The first-order chi connectivity index (χ1) is 12.1. The van der Waals surface area contributed by atoms with Gasteiger partial charge in [-0.05, 0) is 53.5 Å². The third kappa shape index (κ3) is 3.62. The number of halogens is 1. The molecular weight excluding hydrogens is 429 g/mol. The third-order valence-corrected chi connectivity index (χ3v) is 5.97. The number of methoxy groups -OCH3 is 1. The maximum atomic E-state index is 12.1. The molecule has 5 heteroatoms. The van der Waals surface area contributed by atoms with E-state index in [4.69, 9.17) is 9.47 Å². The van der Waals surface area contributed by atoms with Crippen LogP contribution in [0.4, 0.5) is 0 Å². The van der Waals surface area contributed by atoms with Crippen LogP contribution in [0.5, 0.6) is 0 Å². The number of nitrogens with zero attached hydrogens (tertiary/aromatic N) is 1. The van der Waals surface area contributed by atoms with Gasteiger partial charge in [-0.25, -0.2) is 4.79 Å². The van der Waals surface area contributed by atoms with Gasteiger partial charge in [0.15, 0.2) is 0 Å². The zero-order valence-electron chi connectivity index (χ0n) is 14.8. The largest absolute Gasteiger partial charge is 0.464 e. The number of hydrogen-bond donors (Lipinski definition) is 0. The standard InChI is InChI=1S/C20H24INO3/c1-3-20(14-25-13-15-8-5-4-6-9-15)10-7-11-22-17(19(23)24-2)12-16(21)18(20)22/h4-6,8-9,12H,3,7,10-11,13-14H2,1-2H3. The minimum atomic E-state index is -0.263. The van der Waals surface area contributed by atoms with Gasteiger partial charge in [0.2, 0.25) is 0 Å². The van der Waals surface area contributed by atoms with E-state index in [1.165, 1.54) is 18.4 Å². The summed E-state index contributed by atoms with van der Waals surface area (Å²) < 4.78 is 14.4. The van der Waals surface area contributed by atoms with E-state index in [1.54, 1.807) is 0 Å². The topological polar surface area (TPSA) is 40.5 Å². The zero-order valence-corrected chi connectivity index (χ0v) is 16.9. The van der Waals surface area contributed by atoms with Crippen molar-refractivity contribution in [2.75, 3.05) is 13.7 Å². The van der Waals surface area contributed by atoms with E-state index in [0.29, 0.717) is 18.9 Å². The summed E-state index contributed by atoms with van der Waals surface area (Å²) >= 11 is 2.34. The van der Waals surface area contributed by atoms with Crippen molar-refractivity contribution in [3.63, 3.8) is 0 Å². The first kappa shape index (κ1) is 18.5. The molecule has 2 heterocycles. The lowest BCUT2D eigenvalue weighted by Crippen LogP contribution is -2.38. The Balaban J connectivity index is 1.85. The van der Waals surface area contributed by atoms with Crippen molar-refractivity contribution in [2.45, 2.75) is 44.8 Å². The SMILES string of the molecule is CCC1(COCc2ccccc2)CCCn2c(C(=O)OC)cc(I)c21. The molecule has 0 aliphatic carbocycles. The van der Waals surface area contributed by atoms with E-state index < -0.39 is 0 Å². The van der Waals surface area contributed by atoms with Crippen LogP contribution in [0.2, 0.25) is 0 Å². The second kappa shape index (κ2) is 7.91. The van der Waals surface area contributed by atoms with Gasteiger partial charge in [-0.2, -0.15) is 0 Å². The van der Waals surface area contributed by atoms with Gasteiger partial charge < -0.3 is 14.0 Å². The summed E-state index contributed by atoms with van der Waals surface area (Å²) in [6, 6.07) is 12.2. The Morgan fingerprint density at radius 3 is 2.76 bits per heavy atom. The highest BCUT2D eigenvalue weighted by Gasteiger charge is 2.39. The van der Waals surface area contributed by atoms with Gasteiger partial charge >= 0.3 is 5.97 Å². The molecule has 0 saturated heterocycles. The zero-order chi connectivity index (χ0) is 17.9. The highest BCUT2D eigenvalue weighted by molar-refractivity contribution is 14.1. The smallest absolute Gasteiger partial charge is 0.354 e. The average molecular weight is 453 g/mol. The molecule has 25 heavy (non-hydrogen) atoms. The second-order valence-electron chi connectivity index (χ2n) is 6.59. The summed E-state index contributed by atoms with van der Waals surface area (Å²) in [6.07, 6.45) is 3.12. The fourth-order valence-corrected chi connectivity index (χ4v) is 4.94. The molecule has 4 nitrogen and oxygen atoms in total. The van der Waals surface area contributed by atoms with Crippen LogP contribution < -0.4 is 0 Å². The molecule has 0 amide bonds. The Labute approximate surface area is 162 Å². The summed E-state index contributed by atoms with van der Waals surface area (Å²) in [7, 11) is 1.44. The summed E-state index contributed by atoms with van der Waals surface area (Å²) in [4.78, 5) is 12.1. The molecule has 0 spiro atoms. The molecule has 3 rings (SSSR count). The highest BCUT2D eigenvalue weighted by Crippen LogP contribution is 2.41. The average Bonchev–Trinajstić information content (AvgIpc) is 3.00. The number of hydrogen-bond acceptors (Lipinski definition) is 3. The molecule has 0 bridgehead atoms. The Morgan fingerprint density at radius 2 is 2.08 bits per heavy atom. The van der Waals surface area contributed by atoms with Crippen molar-refractivity contribution in [3.05, 3.63) is 56.9 Å². The van der Waals surface area contributed by atoms with E-state index in [9.17, 15) is 4.79 Å². The summed E-state index contributed by atoms with van der Waals surface area (Å²) in [6.45, 7) is 4.36. The number of rotatable bonds is 6. The molecule has 0 radical (unpaired) electrons. The van der Waals surface area contributed by atoms with Crippen molar-refractivity contribution in [1.29, 1.82) is 0 Å². The molecule has 1 aromatic carbocycles. The van der Waals surface area contributed by atoms with Crippen LogP contribution >= 0.6 is 22.6 Å². The lowest BCUT2D eigenvalue weighted by atomic mass is 9.76. The minimum Gasteiger partial charge on any atom is -0.464 e. The number of carbonyl (C=O) groups is 1. The van der Waals surface area contributed by atoms with Crippen LogP contribution in [0.15, 0.2) is 36.4 Å². The molecule has 1 aliphatic rings. The normalized spacial score (nSPS) is 19.5. The molecule has 0 fully saturated rings. The molecule has 134 valence electrons. The summed E-state index contributed by atoms with van der Waals surface area (Å²) in [5.41, 5.74) is 3.03. The molecule has 1 unspecified atom stereocenters. The van der Waals surface area contributed by atoms with E-state index in [1.807, 2.05) is 24.3 Å². The van der Waals surface area contributed by atoms with Gasteiger partial charge in [-0.3, -0.25) is 0 Å². The molecule has 0 N–H and O–H groups in total. The van der Waals surface area contributed by atoms with Crippen LogP contribution in [0.1, 0.15) is 47.9 Å². The first-order valence-electron chi connectivity index (χ1n) is 8.71. The lowest BCUT2D eigenvalue weighted by molar-refractivity contribution is 0.0512. The van der Waals surface area contributed by atoms with Gasteiger partial charge in [0.1, 0.15) is 5.69 Å². The quantitative estimate of drug-likeness (QED) is 0.477. The lowest BCUT2D eigenvalue weighted by Gasteiger charge is -2.38. The molecular formula is C20H24INO3. The molecule has 1 aliphatic heterocycles. The summed E-state index contributed by atoms with van der Waals surface area (Å²) in [5.74, 6) is -0.263. The van der Waals surface area contributed by atoms with Gasteiger partial charge in [-0.15, -0.1) is 0 Å². The highest BCUT2D eigenvalue weighted by atomic mass is 127. The van der Waals surface area contributed by atoms with Crippen LogP contribution in [-0.4, -0.2) is 24.3 Å². The van der Waals surface area contributed by atoms with Crippen LogP contribution in [0.3, 0.4) is 0 Å². The van der Waals surface area contributed by atoms with E-state index in [0.717, 1.165) is 29.4 Å². The monoisotopic (exact) mass is 453 g/mol. The van der Waals surface area contributed by atoms with E-state index in [2.05, 4.69) is 46.2 Å². The van der Waals surface area contributed by atoms with Crippen molar-refractivity contribution < 1.29 is 14.3 Å². The Kier molecular flexibility index (Phi) is 5.84. The molecule has 0 saturated carbocycles. The third-order valence-electron chi connectivity index (χ3n) is 5.15. The number of carbonyl (C=O) groups excluding carboxylic acids is 1. The van der Waals surface area contributed by atoms with Crippen LogP contribution in [0.25, 0.3) is 0 Å². The maximum absolute atomic E-state index is 12.1. The number of fused-ring (bicyclic) bond motifs is 1. The predicted molar refractivity (Wildman–Crippen MR) is 106 cm³/mol. The first-order valence-corrected chi connectivity index (χ1v) is 9.78. The van der Waals surface area contributed by atoms with Crippen molar-refractivity contribution in [3.8, 4) is 0 Å². The Hall–Kier alpha value is -1.34. The number of benzene rings is 1. The second-order valence-corrected chi connectivity index (χ2v) is 7.75. The van der Waals surface area contributed by atoms with Crippen molar-refractivity contribution in [1.82, 2.24) is 4.57 Å². The van der Waals surface area contributed by atoms with Gasteiger partial charge in [0.25, 0.3) is 0 Å². The van der Waals surface area contributed by atoms with E-state index in [-0.39, 0.29) is 11.4 Å². The molecule has 1 aromatic heterocycles. The maximum Gasteiger partial charge on any atom is 0.354 e. The van der Waals surface area contributed by atoms with Gasteiger partial charge in [-0.1, -0.05) is 37.3 Å². The fraction of sp³-hybridized carbons (Fsp3) is 0.450. The van der Waals surface area contributed by atoms with Crippen LogP contribution in [-0.2, 0) is 28.0 Å². The fourth-order valence-electron chi connectivity index (χ4n) is 3.78. The summed E-state index contributed by atoms with van der Waals surface area (Å²) in [5, 5.41) is 0. The van der Waals surface area contributed by atoms with E-state index >= 15 is 0 Å². The number of esters is 1.